The van der Waals surface area contributed by atoms with Crippen molar-refractivity contribution in [2.45, 2.75) is 61.9 Å². The van der Waals surface area contributed by atoms with Gasteiger partial charge in [0.1, 0.15) is 6.04 Å². The highest BCUT2D eigenvalue weighted by Gasteiger charge is 2.54. The number of nitrogens with zero attached hydrogens (tertiary/aromatic N) is 1. The lowest BCUT2D eigenvalue weighted by atomic mass is 9.95. The first-order valence-corrected chi connectivity index (χ1v) is 11.0. The van der Waals surface area contributed by atoms with Crippen molar-refractivity contribution in [3.8, 4) is 0 Å². The molecule has 3 rings (SSSR count). The molecule has 1 saturated heterocycles. The molecule has 1 fully saturated rings. The van der Waals surface area contributed by atoms with E-state index < -0.39 is 38.7 Å². The number of aliphatic carboxylic acids is 1. The van der Waals surface area contributed by atoms with Crippen LogP contribution in [0.25, 0.3) is 0 Å². The fourth-order valence-corrected chi connectivity index (χ4v) is 6.23. The first-order valence-electron chi connectivity index (χ1n) is 9.41. The topological polar surface area (TPSA) is 74.7 Å². The summed E-state index contributed by atoms with van der Waals surface area (Å²) in [5.74, 6) is -0.987. The molecular weight excluding hydrogens is 374 g/mol. The van der Waals surface area contributed by atoms with Crippen LogP contribution >= 0.6 is 0 Å². The summed E-state index contributed by atoms with van der Waals surface area (Å²) < 4.78 is 27.1. The van der Waals surface area contributed by atoms with Gasteiger partial charge in [0.25, 0.3) is 0 Å². The van der Waals surface area contributed by atoms with E-state index in [1.807, 2.05) is 56.9 Å². The quantitative estimate of drug-likeness (QED) is 0.843. The molecule has 0 radical (unpaired) electrons. The second-order valence-corrected chi connectivity index (χ2v) is 10.5. The Morgan fingerprint density at radius 2 is 1.61 bits per heavy atom. The van der Waals surface area contributed by atoms with Crippen LogP contribution in [0.5, 0.6) is 0 Å². The van der Waals surface area contributed by atoms with Crippen LogP contribution in [0, 0.1) is 6.92 Å². The van der Waals surface area contributed by atoms with Crippen LogP contribution in [0.4, 0.5) is 0 Å². The van der Waals surface area contributed by atoms with Gasteiger partial charge >= 0.3 is 5.97 Å². The average molecular weight is 402 g/mol. The van der Waals surface area contributed by atoms with E-state index in [1.54, 1.807) is 30.3 Å². The molecule has 3 atom stereocenters. The first kappa shape index (κ1) is 20.6. The third-order valence-electron chi connectivity index (χ3n) is 5.48. The van der Waals surface area contributed by atoms with Crippen molar-refractivity contribution in [1.82, 2.24) is 4.90 Å². The molecular formula is C22H27NO4S. The third-order valence-corrected chi connectivity index (χ3v) is 7.66. The second kappa shape index (κ2) is 7.33. The minimum atomic E-state index is -3.72. The fraction of sp³-hybridized carbons (Fsp3) is 0.409. The number of sulfone groups is 1. The van der Waals surface area contributed by atoms with E-state index in [4.69, 9.17) is 0 Å². The van der Waals surface area contributed by atoms with Crippen molar-refractivity contribution in [2.24, 2.45) is 0 Å². The largest absolute Gasteiger partial charge is 0.480 e. The number of benzene rings is 2. The molecule has 0 aliphatic carbocycles. The molecule has 1 N–H and O–H groups in total. The molecule has 1 heterocycles. The van der Waals surface area contributed by atoms with Gasteiger partial charge in [-0.15, -0.1) is 0 Å². The molecule has 150 valence electrons. The maximum absolute atomic E-state index is 13.6. The minimum Gasteiger partial charge on any atom is -0.480 e. The number of hydrogen-bond donors (Lipinski definition) is 1. The predicted molar refractivity (Wildman–Crippen MR) is 109 cm³/mol. The number of rotatable bonds is 4. The van der Waals surface area contributed by atoms with Gasteiger partial charge in [0.15, 0.2) is 9.84 Å². The summed E-state index contributed by atoms with van der Waals surface area (Å²) in [5.41, 5.74) is 1.31. The van der Waals surface area contributed by atoms with Crippen molar-refractivity contribution in [3.05, 3.63) is 65.7 Å². The number of carboxylic acids is 1. The predicted octanol–water partition coefficient (Wildman–Crippen LogP) is 3.84. The van der Waals surface area contributed by atoms with E-state index in [-0.39, 0.29) is 11.3 Å². The van der Waals surface area contributed by atoms with E-state index in [0.717, 1.165) is 11.1 Å². The molecule has 6 heteroatoms. The molecule has 28 heavy (non-hydrogen) atoms. The maximum atomic E-state index is 13.6. The van der Waals surface area contributed by atoms with Gasteiger partial charge in [0.2, 0.25) is 0 Å². The van der Waals surface area contributed by atoms with Crippen molar-refractivity contribution in [2.75, 3.05) is 0 Å². The van der Waals surface area contributed by atoms with Crippen LogP contribution in [0.3, 0.4) is 0 Å². The van der Waals surface area contributed by atoms with Crippen molar-refractivity contribution in [3.63, 3.8) is 0 Å². The van der Waals surface area contributed by atoms with Crippen LogP contribution in [0.2, 0.25) is 0 Å². The summed E-state index contributed by atoms with van der Waals surface area (Å²) in [6.07, 6.45) is 0.0584. The molecule has 0 bridgehead atoms. The molecule has 2 aromatic carbocycles. The standard InChI is InChI=1S/C22H27NO4S/c1-15-10-8-9-13-17(15)20-19(28(26,27)16-11-6-5-7-12-16)14-18(21(24)25)23(20)22(2,3)4/h5-13,18-20H,14H2,1-4H3,(H,24,25)/t18-,19?,20?/m0/s1. The van der Waals surface area contributed by atoms with Gasteiger partial charge in [-0.2, -0.15) is 0 Å². The van der Waals surface area contributed by atoms with Gasteiger partial charge in [0, 0.05) is 5.54 Å². The normalized spacial score (nSPS) is 23.6. The summed E-state index contributed by atoms with van der Waals surface area (Å²) in [5, 5.41) is 9.06. The van der Waals surface area contributed by atoms with Crippen LogP contribution in [-0.4, -0.2) is 41.2 Å². The Kier molecular flexibility index (Phi) is 5.38. The Labute approximate surface area is 166 Å². The Morgan fingerprint density at radius 3 is 2.14 bits per heavy atom. The molecule has 0 amide bonds. The lowest BCUT2D eigenvalue weighted by Crippen LogP contribution is -2.49. The van der Waals surface area contributed by atoms with Gasteiger partial charge in [-0.1, -0.05) is 42.5 Å². The molecule has 1 aliphatic rings. The van der Waals surface area contributed by atoms with E-state index in [2.05, 4.69) is 0 Å². The molecule has 2 aromatic rings. The van der Waals surface area contributed by atoms with Gasteiger partial charge in [-0.25, -0.2) is 8.42 Å². The van der Waals surface area contributed by atoms with Crippen LogP contribution in [-0.2, 0) is 14.6 Å². The monoisotopic (exact) mass is 401 g/mol. The number of likely N-dealkylation sites (tertiary alicyclic amines) is 1. The van der Waals surface area contributed by atoms with Crippen LogP contribution < -0.4 is 0 Å². The van der Waals surface area contributed by atoms with E-state index in [9.17, 15) is 18.3 Å². The Morgan fingerprint density at radius 1 is 1.04 bits per heavy atom. The van der Waals surface area contributed by atoms with Crippen molar-refractivity contribution >= 4 is 15.8 Å². The SMILES string of the molecule is Cc1ccccc1C1C(S(=O)(=O)c2ccccc2)C[C@@H](C(=O)O)N1C(C)(C)C. The molecule has 0 saturated carbocycles. The first-order chi connectivity index (χ1) is 13.0. The van der Waals surface area contributed by atoms with Gasteiger partial charge in [-0.05, 0) is 57.4 Å². The summed E-state index contributed by atoms with van der Waals surface area (Å²) in [6, 6.07) is 14.6. The maximum Gasteiger partial charge on any atom is 0.321 e. The molecule has 1 aliphatic heterocycles. The van der Waals surface area contributed by atoms with Crippen molar-refractivity contribution < 1.29 is 18.3 Å². The van der Waals surface area contributed by atoms with Crippen LogP contribution in [0.1, 0.15) is 44.4 Å². The van der Waals surface area contributed by atoms with E-state index in [1.165, 1.54) is 0 Å². The lowest BCUT2D eigenvalue weighted by molar-refractivity contribution is -0.144. The van der Waals surface area contributed by atoms with E-state index in [0.29, 0.717) is 0 Å². The highest BCUT2D eigenvalue weighted by atomic mass is 32.2. The number of aryl methyl sites for hydroxylation is 1. The van der Waals surface area contributed by atoms with Crippen molar-refractivity contribution in [1.29, 1.82) is 0 Å². The lowest BCUT2D eigenvalue weighted by Gasteiger charge is -2.41. The highest BCUT2D eigenvalue weighted by Crippen LogP contribution is 2.46. The van der Waals surface area contributed by atoms with Gasteiger partial charge in [-0.3, -0.25) is 9.69 Å². The summed E-state index contributed by atoms with van der Waals surface area (Å²) in [7, 11) is -3.72. The zero-order valence-electron chi connectivity index (χ0n) is 16.7. The van der Waals surface area contributed by atoms with Gasteiger partial charge in [0.05, 0.1) is 16.2 Å². The smallest absolute Gasteiger partial charge is 0.321 e. The van der Waals surface area contributed by atoms with Gasteiger partial charge < -0.3 is 5.11 Å². The number of carbonyl (C=O) groups is 1. The molecule has 2 unspecified atom stereocenters. The average Bonchev–Trinajstić information content (AvgIpc) is 3.05. The zero-order chi connectivity index (χ0) is 20.7. The Balaban J connectivity index is 2.23. The van der Waals surface area contributed by atoms with Crippen LogP contribution in [0.15, 0.2) is 59.5 Å². The highest BCUT2D eigenvalue weighted by molar-refractivity contribution is 7.92. The number of hydrogen-bond acceptors (Lipinski definition) is 4. The summed E-state index contributed by atoms with van der Waals surface area (Å²) in [4.78, 5) is 14.2. The zero-order valence-corrected chi connectivity index (χ0v) is 17.5. The summed E-state index contributed by atoms with van der Waals surface area (Å²) in [6.45, 7) is 7.75. The molecule has 5 nitrogen and oxygen atoms in total. The number of carboxylic acid groups (broad SMARTS) is 1. The molecule has 0 aromatic heterocycles. The third kappa shape index (κ3) is 3.59. The van der Waals surface area contributed by atoms with E-state index >= 15 is 0 Å². The molecule has 0 spiro atoms. The summed E-state index contributed by atoms with van der Waals surface area (Å²) >= 11 is 0. The Hall–Kier alpha value is -2.18. The second-order valence-electron chi connectivity index (χ2n) is 8.37. The Bertz CT molecular complexity index is 964. The fourth-order valence-electron chi connectivity index (χ4n) is 4.29. The minimum absolute atomic E-state index is 0.0584.